The highest BCUT2D eigenvalue weighted by Crippen LogP contribution is 2.56. The van der Waals surface area contributed by atoms with E-state index in [1.54, 1.807) is 0 Å². The van der Waals surface area contributed by atoms with Crippen molar-refractivity contribution in [2.45, 2.75) is 17.8 Å². The van der Waals surface area contributed by atoms with Gasteiger partial charge in [-0.2, -0.15) is 26.3 Å². The second-order valence-corrected chi connectivity index (χ2v) is 2.55. The van der Waals surface area contributed by atoms with E-state index >= 15 is 0 Å². The topological polar surface area (TPSA) is 52.0 Å². The normalized spacial score (nSPS) is 29.4. The van der Waals surface area contributed by atoms with E-state index in [-0.39, 0.29) is 0 Å². The van der Waals surface area contributed by atoms with Crippen LogP contribution in [0.3, 0.4) is 0 Å². The molecule has 0 aromatic heterocycles. The van der Waals surface area contributed by atoms with Gasteiger partial charge in [0.25, 0.3) is 0 Å². The highest BCUT2D eigenvalue weighted by atomic mass is 19.3. The Labute approximate surface area is 68.2 Å². The lowest BCUT2D eigenvalue weighted by Gasteiger charge is -2.24. The van der Waals surface area contributed by atoms with Crippen molar-refractivity contribution in [3.63, 3.8) is 0 Å². The maximum Gasteiger partial charge on any atom is 0.383 e. The quantitative estimate of drug-likeness (QED) is 0.581. The van der Waals surface area contributed by atoms with Crippen molar-refractivity contribution >= 4 is 0 Å². The lowest BCUT2D eigenvalue weighted by Crippen LogP contribution is -2.50. The fourth-order valence-electron chi connectivity index (χ4n) is 0.874. The van der Waals surface area contributed by atoms with Crippen molar-refractivity contribution < 1.29 is 26.3 Å². The number of allylic oxidation sites excluding steroid dienone is 2. The Hall–Kier alpha value is -1.08. The van der Waals surface area contributed by atoms with Crippen LogP contribution in [0.5, 0.6) is 0 Å². The molecule has 0 radical (unpaired) electrons. The molecular formula is C5H4F6N2. The molecule has 0 aromatic carbocycles. The van der Waals surface area contributed by atoms with Gasteiger partial charge in [0.1, 0.15) is 11.4 Å². The van der Waals surface area contributed by atoms with Gasteiger partial charge in [-0.15, -0.1) is 0 Å². The van der Waals surface area contributed by atoms with Gasteiger partial charge in [0.2, 0.25) is 0 Å². The minimum absolute atomic E-state index is 1.97. The minimum Gasteiger partial charge on any atom is -0.395 e. The Morgan fingerprint density at radius 3 is 1.00 bits per heavy atom. The summed E-state index contributed by atoms with van der Waals surface area (Å²) in [5.74, 6) is -15.8. The number of hydrogen-bond acceptors (Lipinski definition) is 2. The summed E-state index contributed by atoms with van der Waals surface area (Å²) < 4.78 is 74.1. The van der Waals surface area contributed by atoms with Gasteiger partial charge in [-0.25, -0.2) is 0 Å². The molecule has 1 aliphatic carbocycles. The Morgan fingerprint density at radius 1 is 0.692 bits per heavy atom. The van der Waals surface area contributed by atoms with Crippen LogP contribution in [0.1, 0.15) is 0 Å². The summed E-state index contributed by atoms with van der Waals surface area (Å²) in [6.07, 6.45) is 0. The number of rotatable bonds is 0. The highest BCUT2D eigenvalue weighted by molar-refractivity contribution is 5.36. The molecule has 0 saturated carbocycles. The Kier molecular flexibility index (Phi) is 1.57. The molecule has 76 valence electrons. The standard InChI is InChI=1S/C5H4F6N2/c6-3(7)1(12)2(13)4(8,9)5(3,10)11/h12-13H2. The third kappa shape index (κ3) is 0.802. The van der Waals surface area contributed by atoms with E-state index in [2.05, 4.69) is 11.5 Å². The molecule has 0 heterocycles. The van der Waals surface area contributed by atoms with Gasteiger partial charge in [-0.3, -0.25) is 0 Å². The third-order valence-corrected chi connectivity index (χ3v) is 1.76. The van der Waals surface area contributed by atoms with Gasteiger partial charge in [0.15, 0.2) is 0 Å². The van der Waals surface area contributed by atoms with E-state index in [1.807, 2.05) is 0 Å². The molecule has 0 bridgehead atoms. The Balaban J connectivity index is 3.39. The molecule has 0 aromatic rings. The zero-order valence-electron chi connectivity index (χ0n) is 5.92. The monoisotopic (exact) mass is 206 g/mol. The summed E-state index contributed by atoms with van der Waals surface area (Å²) in [5, 5.41) is 0. The summed E-state index contributed by atoms with van der Waals surface area (Å²) >= 11 is 0. The fraction of sp³-hybridized carbons (Fsp3) is 0.600. The molecule has 1 aliphatic rings. The SMILES string of the molecule is NC1=C(N)C(F)(F)C(F)(F)C1(F)F. The van der Waals surface area contributed by atoms with Crippen LogP contribution >= 0.6 is 0 Å². The van der Waals surface area contributed by atoms with Crippen LogP contribution in [-0.4, -0.2) is 17.8 Å². The van der Waals surface area contributed by atoms with Crippen LogP contribution in [0.4, 0.5) is 26.3 Å². The second-order valence-electron chi connectivity index (χ2n) is 2.55. The second kappa shape index (κ2) is 2.05. The van der Waals surface area contributed by atoms with Gasteiger partial charge < -0.3 is 11.5 Å². The Morgan fingerprint density at radius 2 is 0.923 bits per heavy atom. The van der Waals surface area contributed by atoms with Crippen LogP contribution in [0.15, 0.2) is 11.4 Å². The number of halogens is 6. The molecule has 2 nitrogen and oxygen atoms in total. The molecular weight excluding hydrogens is 202 g/mol. The predicted octanol–water partition coefficient (Wildman–Crippen LogP) is 1.03. The molecule has 8 heteroatoms. The van der Waals surface area contributed by atoms with Gasteiger partial charge in [0.05, 0.1) is 0 Å². The zero-order valence-corrected chi connectivity index (χ0v) is 5.92. The van der Waals surface area contributed by atoms with E-state index in [4.69, 9.17) is 0 Å². The molecule has 0 aliphatic heterocycles. The number of alkyl halides is 6. The largest absolute Gasteiger partial charge is 0.395 e. The van der Waals surface area contributed by atoms with Crippen LogP contribution in [0.2, 0.25) is 0 Å². The molecule has 0 amide bonds. The van der Waals surface area contributed by atoms with E-state index in [0.29, 0.717) is 0 Å². The first-order valence-electron chi connectivity index (χ1n) is 2.96. The van der Waals surface area contributed by atoms with E-state index in [0.717, 1.165) is 0 Å². The number of nitrogens with two attached hydrogens (primary N) is 2. The van der Waals surface area contributed by atoms with Crippen molar-refractivity contribution in [2.75, 3.05) is 0 Å². The third-order valence-electron chi connectivity index (χ3n) is 1.76. The lowest BCUT2D eigenvalue weighted by atomic mass is 10.1. The van der Waals surface area contributed by atoms with Crippen LogP contribution in [0, 0.1) is 0 Å². The summed E-state index contributed by atoms with van der Waals surface area (Å²) in [4.78, 5) is 0. The summed E-state index contributed by atoms with van der Waals surface area (Å²) in [6, 6.07) is 0. The van der Waals surface area contributed by atoms with Gasteiger partial charge >= 0.3 is 17.8 Å². The fourth-order valence-corrected chi connectivity index (χ4v) is 0.874. The van der Waals surface area contributed by atoms with Crippen LogP contribution < -0.4 is 11.5 Å². The average molecular weight is 206 g/mol. The molecule has 0 spiro atoms. The number of hydrogen-bond donors (Lipinski definition) is 2. The molecule has 0 atom stereocenters. The lowest BCUT2D eigenvalue weighted by molar-refractivity contribution is -0.265. The molecule has 0 unspecified atom stereocenters. The smallest absolute Gasteiger partial charge is 0.383 e. The van der Waals surface area contributed by atoms with Gasteiger partial charge in [0, 0.05) is 0 Å². The first-order chi connectivity index (χ1) is 5.57. The van der Waals surface area contributed by atoms with Crippen molar-refractivity contribution in [3.05, 3.63) is 11.4 Å². The van der Waals surface area contributed by atoms with Gasteiger partial charge in [-0.1, -0.05) is 0 Å². The molecule has 0 saturated heterocycles. The maximum atomic E-state index is 12.4. The summed E-state index contributed by atoms with van der Waals surface area (Å²) in [6.45, 7) is 0. The summed E-state index contributed by atoms with van der Waals surface area (Å²) in [5.41, 5.74) is 4.76. The molecule has 1 rings (SSSR count). The Bertz CT molecular complexity index is 255. The molecule has 4 N–H and O–H groups in total. The van der Waals surface area contributed by atoms with Crippen LogP contribution in [0.25, 0.3) is 0 Å². The first kappa shape index (κ1) is 10.0. The molecule has 0 fully saturated rings. The summed E-state index contributed by atoms with van der Waals surface area (Å²) in [7, 11) is 0. The average Bonchev–Trinajstić information content (AvgIpc) is 2.05. The van der Waals surface area contributed by atoms with Gasteiger partial charge in [-0.05, 0) is 0 Å². The zero-order chi connectivity index (χ0) is 10.7. The predicted molar refractivity (Wildman–Crippen MR) is 30.2 cm³/mol. The maximum absolute atomic E-state index is 12.4. The van der Waals surface area contributed by atoms with E-state index in [1.165, 1.54) is 0 Å². The van der Waals surface area contributed by atoms with E-state index in [9.17, 15) is 26.3 Å². The van der Waals surface area contributed by atoms with Crippen LogP contribution in [-0.2, 0) is 0 Å². The van der Waals surface area contributed by atoms with E-state index < -0.39 is 29.2 Å². The van der Waals surface area contributed by atoms with Crippen molar-refractivity contribution in [1.82, 2.24) is 0 Å². The van der Waals surface area contributed by atoms with Crippen molar-refractivity contribution in [1.29, 1.82) is 0 Å². The van der Waals surface area contributed by atoms with Crippen molar-refractivity contribution in [3.8, 4) is 0 Å². The first-order valence-corrected chi connectivity index (χ1v) is 2.96. The highest BCUT2D eigenvalue weighted by Gasteiger charge is 2.79. The van der Waals surface area contributed by atoms with Crippen molar-refractivity contribution in [2.24, 2.45) is 11.5 Å². The minimum atomic E-state index is -5.56. The molecule has 13 heavy (non-hydrogen) atoms.